The summed E-state index contributed by atoms with van der Waals surface area (Å²) in [6.45, 7) is 0. The lowest BCUT2D eigenvalue weighted by atomic mass is 9.93. The Balaban J connectivity index is 2.02. The van der Waals surface area contributed by atoms with E-state index in [1.54, 1.807) is 24.3 Å². The maximum Gasteiger partial charge on any atom is 0.335 e. The van der Waals surface area contributed by atoms with Crippen LogP contribution < -0.4 is 5.32 Å². The fraction of sp³-hybridized carbons (Fsp3) is 0.115. The van der Waals surface area contributed by atoms with E-state index in [9.17, 15) is 23.9 Å². The molecule has 0 bridgehead atoms. The topological polar surface area (TPSA) is 106 Å². The van der Waals surface area contributed by atoms with E-state index in [-0.39, 0.29) is 23.3 Å². The number of carboxylic acid groups (broad SMARTS) is 1. The fourth-order valence-electron chi connectivity index (χ4n) is 3.80. The van der Waals surface area contributed by atoms with E-state index in [1.165, 1.54) is 50.6 Å². The van der Waals surface area contributed by atoms with Gasteiger partial charge in [0, 0.05) is 18.0 Å². The molecule has 7 nitrogen and oxygen atoms in total. The Hall–Kier alpha value is -4.46. The van der Waals surface area contributed by atoms with Crippen LogP contribution in [0.1, 0.15) is 26.3 Å². The molecule has 1 aromatic heterocycles. The van der Waals surface area contributed by atoms with Gasteiger partial charge in [0.2, 0.25) is 0 Å². The van der Waals surface area contributed by atoms with Crippen LogP contribution in [0.3, 0.4) is 0 Å². The highest BCUT2D eigenvalue weighted by Gasteiger charge is 2.24. The van der Waals surface area contributed by atoms with Crippen molar-refractivity contribution in [3.05, 3.63) is 83.2 Å². The van der Waals surface area contributed by atoms with Crippen molar-refractivity contribution < 1.29 is 33.0 Å². The number of ether oxygens (including phenoxy) is 1. The predicted octanol–water partition coefficient (Wildman–Crippen LogP) is 4.68. The Bertz CT molecular complexity index is 1420. The van der Waals surface area contributed by atoms with Gasteiger partial charge in [0.15, 0.2) is 0 Å². The molecule has 34 heavy (non-hydrogen) atoms. The van der Waals surface area contributed by atoms with Crippen molar-refractivity contribution in [2.24, 2.45) is 0 Å². The number of aromatic carboxylic acids is 1. The van der Waals surface area contributed by atoms with Crippen molar-refractivity contribution in [2.75, 3.05) is 14.2 Å². The van der Waals surface area contributed by atoms with Crippen molar-refractivity contribution in [2.45, 2.75) is 6.42 Å². The highest BCUT2D eigenvalue weighted by Crippen LogP contribution is 2.38. The van der Waals surface area contributed by atoms with Crippen LogP contribution in [0, 0.1) is 5.82 Å². The molecule has 1 heterocycles. The summed E-state index contributed by atoms with van der Waals surface area (Å²) in [5.41, 5.74) is 2.79. The molecule has 1 amide bonds. The zero-order chi connectivity index (χ0) is 24.4. The molecule has 3 aromatic carbocycles. The molecular weight excluding hydrogens is 441 g/mol. The minimum Gasteiger partial charge on any atom is -0.478 e. The first-order valence-corrected chi connectivity index (χ1v) is 10.3. The minimum atomic E-state index is -1.09. The summed E-state index contributed by atoms with van der Waals surface area (Å²) in [5.74, 6) is -2.18. The molecule has 0 aliphatic heterocycles. The van der Waals surface area contributed by atoms with Crippen LogP contribution in [0.2, 0.25) is 0 Å². The second kappa shape index (κ2) is 9.19. The van der Waals surface area contributed by atoms with E-state index >= 15 is 0 Å². The van der Waals surface area contributed by atoms with E-state index in [2.05, 4.69) is 5.32 Å². The first kappa shape index (κ1) is 22.7. The van der Waals surface area contributed by atoms with Gasteiger partial charge in [-0.2, -0.15) is 0 Å². The Morgan fingerprint density at radius 3 is 2.41 bits per heavy atom. The molecule has 0 fully saturated rings. The third-order valence-electron chi connectivity index (χ3n) is 5.46. The van der Waals surface area contributed by atoms with Gasteiger partial charge in [0.25, 0.3) is 5.91 Å². The van der Waals surface area contributed by atoms with E-state index in [0.717, 1.165) is 0 Å². The SMILES string of the molecule is CNC(=O)c1c(-c2ccc(F)cc2)oc2cc(CC(=O)OC)c(-c3cccc(C(=O)O)c3)cc12. The molecule has 0 unspecified atom stereocenters. The van der Waals surface area contributed by atoms with Crippen molar-refractivity contribution >= 4 is 28.8 Å². The molecular formula is C26H20FNO6. The number of fused-ring (bicyclic) bond motifs is 1. The number of esters is 1. The highest BCUT2D eigenvalue weighted by atomic mass is 19.1. The molecule has 0 atom stereocenters. The number of methoxy groups -OCH3 is 1. The summed E-state index contributed by atoms with van der Waals surface area (Å²) in [4.78, 5) is 36.5. The standard InChI is InChI=1S/C26H20FNO6/c1-28-25(30)23-20-13-19(15-4-3-5-16(10-15)26(31)32)17(12-22(29)33-2)11-21(20)34-24(23)14-6-8-18(27)9-7-14/h3-11,13H,12H2,1-2H3,(H,28,30)(H,31,32). The first-order valence-electron chi connectivity index (χ1n) is 10.3. The zero-order valence-electron chi connectivity index (χ0n) is 18.3. The van der Waals surface area contributed by atoms with E-state index in [1.807, 2.05) is 0 Å². The number of halogens is 1. The van der Waals surface area contributed by atoms with Gasteiger partial charge in [-0.15, -0.1) is 0 Å². The molecule has 0 radical (unpaired) electrons. The van der Waals surface area contributed by atoms with Crippen molar-refractivity contribution in [3.63, 3.8) is 0 Å². The van der Waals surface area contributed by atoms with Gasteiger partial charge in [-0.1, -0.05) is 12.1 Å². The molecule has 0 saturated heterocycles. The fourth-order valence-corrected chi connectivity index (χ4v) is 3.80. The van der Waals surface area contributed by atoms with Gasteiger partial charge in [0.1, 0.15) is 17.2 Å². The maximum atomic E-state index is 13.5. The molecule has 0 aliphatic rings. The number of carbonyl (C=O) groups excluding carboxylic acids is 2. The van der Waals surface area contributed by atoms with Gasteiger partial charge in [-0.25, -0.2) is 9.18 Å². The minimum absolute atomic E-state index is 0.0762. The lowest BCUT2D eigenvalue weighted by Crippen LogP contribution is -2.18. The normalized spacial score (nSPS) is 10.8. The van der Waals surface area contributed by atoms with Gasteiger partial charge in [0.05, 0.1) is 24.7 Å². The third-order valence-corrected chi connectivity index (χ3v) is 5.46. The van der Waals surface area contributed by atoms with Crippen molar-refractivity contribution in [3.8, 4) is 22.5 Å². The number of nitrogens with one attached hydrogen (secondary N) is 1. The van der Waals surface area contributed by atoms with Crippen LogP contribution in [-0.2, 0) is 16.0 Å². The van der Waals surface area contributed by atoms with Crippen molar-refractivity contribution in [1.82, 2.24) is 5.32 Å². The number of amides is 1. The van der Waals surface area contributed by atoms with Gasteiger partial charge in [-0.05, 0) is 65.2 Å². The number of furan rings is 1. The average molecular weight is 461 g/mol. The second-order valence-electron chi connectivity index (χ2n) is 7.54. The molecule has 0 spiro atoms. The van der Waals surface area contributed by atoms with Crippen LogP contribution in [0.4, 0.5) is 4.39 Å². The average Bonchev–Trinajstić information content (AvgIpc) is 3.21. The smallest absolute Gasteiger partial charge is 0.335 e. The second-order valence-corrected chi connectivity index (χ2v) is 7.54. The quantitative estimate of drug-likeness (QED) is 0.404. The van der Waals surface area contributed by atoms with E-state index in [0.29, 0.717) is 33.2 Å². The number of benzene rings is 3. The molecule has 8 heteroatoms. The first-order chi connectivity index (χ1) is 16.3. The van der Waals surface area contributed by atoms with Gasteiger partial charge >= 0.3 is 11.9 Å². The number of carbonyl (C=O) groups is 3. The number of hydrogen-bond acceptors (Lipinski definition) is 5. The Labute approximate surface area is 193 Å². The highest BCUT2D eigenvalue weighted by molar-refractivity contribution is 6.12. The molecule has 4 aromatic rings. The molecule has 0 aliphatic carbocycles. The van der Waals surface area contributed by atoms with Crippen LogP contribution in [0.15, 0.2) is 65.1 Å². The Morgan fingerprint density at radius 1 is 1.03 bits per heavy atom. The molecule has 0 saturated carbocycles. The summed E-state index contributed by atoms with van der Waals surface area (Å²) in [6, 6.07) is 15.1. The molecule has 2 N–H and O–H groups in total. The van der Waals surface area contributed by atoms with Gasteiger partial charge in [-0.3, -0.25) is 9.59 Å². The number of rotatable bonds is 6. The summed E-state index contributed by atoms with van der Waals surface area (Å²) in [5, 5.41) is 12.5. The molecule has 172 valence electrons. The number of carboxylic acids is 1. The summed E-state index contributed by atoms with van der Waals surface area (Å²) in [6.07, 6.45) is -0.0963. The summed E-state index contributed by atoms with van der Waals surface area (Å²) >= 11 is 0. The zero-order valence-corrected chi connectivity index (χ0v) is 18.3. The lowest BCUT2D eigenvalue weighted by molar-refractivity contribution is -0.139. The van der Waals surface area contributed by atoms with Crippen LogP contribution in [0.5, 0.6) is 0 Å². The number of hydrogen-bond donors (Lipinski definition) is 2. The van der Waals surface area contributed by atoms with Crippen LogP contribution in [0.25, 0.3) is 33.4 Å². The Kier molecular flexibility index (Phi) is 6.14. The van der Waals surface area contributed by atoms with Crippen molar-refractivity contribution in [1.29, 1.82) is 0 Å². The third kappa shape index (κ3) is 4.25. The van der Waals surface area contributed by atoms with Crippen LogP contribution >= 0.6 is 0 Å². The van der Waals surface area contributed by atoms with E-state index < -0.39 is 23.7 Å². The van der Waals surface area contributed by atoms with Gasteiger partial charge < -0.3 is 19.6 Å². The van der Waals surface area contributed by atoms with Crippen LogP contribution in [-0.4, -0.2) is 37.1 Å². The molecule has 4 rings (SSSR count). The largest absolute Gasteiger partial charge is 0.478 e. The maximum absolute atomic E-state index is 13.5. The van der Waals surface area contributed by atoms with E-state index in [4.69, 9.17) is 9.15 Å². The Morgan fingerprint density at radius 2 is 1.76 bits per heavy atom. The lowest BCUT2D eigenvalue weighted by Gasteiger charge is -2.11. The predicted molar refractivity (Wildman–Crippen MR) is 123 cm³/mol. The monoisotopic (exact) mass is 461 g/mol. The summed E-state index contributed by atoms with van der Waals surface area (Å²) in [7, 11) is 2.76. The summed E-state index contributed by atoms with van der Waals surface area (Å²) < 4.78 is 24.3.